The fraction of sp³-hybridized carbons (Fsp3) is 0.364. The Labute approximate surface area is 164 Å². The van der Waals surface area contributed by atoms with Crippen molar-refractivity contribution in [2.75, 3.05) is 12.4 Å². The van der Waals surface area contributed by atoms with Crippen LogP contribution in [0.3, 0.4) is 0 Å². The summed E-state index contributed by atoms with van der Waals surface area (Å²) in [5.41, 5.74) is 2.71. The van der Waals surface area contributed by atoms with Crippen LogP contribution in [-0.4, -0.2) is 35.2 Å². The molecular weight excluding hydrogens is 358 g/mol. The number of aryl methyl sites for hydroxylation is 1. The lowest BCUT2D eigenvalue weighted by Crippen LogP contribution is -2.44. The van der Waals surface area contributed by atoms with E-state index in [0.29, 0.717) is 17.9 Å². The van der Waals surface area contributed by atoms with Gasteiger partial charge < -0.3 is 9.64 Å². The molecule has 0 N–H and O–H groups in total. The van der Waals surface area contributed by atoms with Crippen LogP contribution in [0.2, 0.25) is 0 Å². The Morgan fingerprint density at radius 2 is 1.81 bits per heavy atom. The Hall–Kier alpha value is -2.27. The molecule has 1 heterocycles. The summed E-state index contributed by atoms with van der Waals surface area (Å²) < 4.78 is 5.44. The highest BCUT2D eigenvalue weighted by molar-refractivity contribution is 7.99. The van der Waals surface area contributed by atoms with E-state index in [2.05, 4.69) is 6.92 Å². The number of benzene rings is 2. The first-order valence-corrected chi connectivity index (χ1v) is 10.4. The molecule has 0 aromatic heterocycles. The number of thioether (sulfide) groups is 1. The van der Waals surface area contributed by atoms with Gasteiger partial charge in [-0.05, 0) is 31.0 Å². The zero-order valence-corrected chi connectivity index (χ0v) is 16.6. The summed E-state index contributed by atoms with van der Waals surface area (Å²) in [6, 6.07) is 16.8. The van der Waals surface area contributed by atoms with Crippen molar-refractivity contribution < 1.29 is 14.3 Å². The Morgan fingerprint density at radius 1 is 1.11 bits per heavy atom. The fourth-order valence-corrected chi connectivity index (χ4v) is 4.48. The summed E-state index contributed by atoms with van der Waals surface area (Å²) in [4.78, 5) is 27.7. The quantitative estimate of drug-likeness (QED) is 0.540. The number of ether oxygens (including phenoxy) is 1. The molecule has 4 nitrogen and oxygen atoms in total. The Morgan fingerprint density at radius 3 is 2.48 bits per heavy atom. The van der Waals surface area contributed by atoms with Gasteiger partial charge in [-0.2, -0.15) is 0 Å². The molecule has 3 rings (SSSR count). The average Bonchev–Trinajstić information content (AvgIpc) is 3.14. The van der Waals surface area contributed by atoms with Gasteiger partial charge in [-0.15, -0.1) is 11.8 Å². The summed E-state index contributed by atoms with van der Waals surface area (Å²) >= 11 is 1.61. The molecule has 2 atom stereocenters. The molecule has 0 radical (unpaired) electrons. The lowest BCUT2D eigenvalue weighted by atomic mass is 10.1. The van der Waals surface area contributed by atoms with E-state index in [1.807, 2.05) is 61.5 Å². The largest absolute Gasteiger partial charge is 0.464 e. The van der Waals surface area contributed by atoms with Gasteiger partial charge in [0.2, 0.25) is 0 Å². The molecule has 1 saturated heterocycles. The van der Waals surface area contributed by atoms with Crippen LogP contribution < -0.4 is 0 Å². The molecule has 2 aromatic carbocycles. The van der Waals surface area contributed by atoms with Gasteiger partial charge in [-0.1, -0.05) is 61.4 Å². The maximum absolute atomic E-state index is 13.3. The molecule has 0 saturated carbocycles. The number of esters is 1. The van der Waals surface area contributed by atoms with Crippen molar-refractivity contribution in [1.82, 2.24) is 4.90 Å². The second kappa shape index (κ2) is 9.09. The number of amides is 1. The predicted molar refractivity (Wildman–Crippen MR) is 109 cm³/mol. The SMILES string of the molecule is CCCCOC(=O)[C@H]1CS[C@H](c2ccccc2)N1C(=O)c1ccc(C)cc1. The van der Waals surface area contributed by atoms with Gasteiger partial charge >= 0.3 is 5.97 Å². The Bertz CT molecular complexity index is 776. The molecule has 1 fully saturated rings. The summed E-state index contributed by atoms with van der Waals surface area (Å²) in [5, 5.41) is -0.191. The standard InChI is InChI=1S/C22H25NO3S/c1-3-4-14-26-22(25)19-15-27-21(18-8-6-5-7-9-18)23(19)20(24)17-12-10-16(2)11-13-17/h5-13,19,21H,3-4,14-15H2,1-2H3/t19-,21-/m1/s1. The van der Waals surface area contributed by atoms with Crippen molar-refractivity contribution >= 4 is 23.6 Å². The summed E-state index contributed by atoms with van der Waals surface area (Å²) in [6.45, 7) is 4.44. The molecule has 5 heteroatoms. The van der Waals surface area contributed by atoms with Crippen molar-refractivity contribution in [1.29, 1.82) is 0 Å². The van der Waals surface area contributed by atoms with E-state index in [1.165, 1.54) is 0 Å². The third-order valence-corrected chi connectivity index (χ3v) is 5.96. The lowest BCUT2D eigenvalue weighted by molar-refractivity contribution is -0.148. The third-order valence-electron chi connectivity index (χ3n) is 4.63. The van der Waals surface area contributed by atoms with Crippen LogP contribution in [0.15, 0.2) is 54.6 Å². The highest BCUT2D eigenvalue weighted by atomic mass is 32.2. The minimum absolute atomic E-state index is 0.133. The van der Waals surface area contributed by atoms with E-state index in [0.717, 1.165) is 24.0 Å². The molecule has 1 amide bonds. The zero-order chi connectivity index (χ0) is 19.2. The number of nitrogens with zero attached hydrogens (tertiary/aromatic N) is 1. The molecule has 0 bridgehead atoms. The monoisotopic (exact) mass is 383 g/mol. The molecule has 27 heavy (non-hydrogen) atoms. The second-order valence-corrected chi connectivity index (χ2v) is 7.82. The third kappa shape index (κ3) is 4.53. The van der Waals surface area contributed by atoms with Gasteiger partial charge in [0.25, 0.3) is 5.91 Å². The van der Waals surface area contributed by atoms with Crippen molar-refractivity contribution in [2.45, 2.75) is 38.1 Å². The molecule has 0 spiro atoms. The number of hydrogen-bond acceptors (Lipinski definition) is 4. The van der Waals surface area contributed by atoms with Crippen LogP contribution >= 0.6 is 11.8 Å². The number of carbonyl (C=O) groups excluding carboxylic acids is 2. The first-order valence-electron chi connectivity index (χ1n) is 9.34. The zero-order valence-electron chi connectivity index (χ0n) is 15.8. The Balaban J connectivity index is 1.88. The van der Waals surface area contributed by atoms with E-state index in [4.69, 9.17) is 4.74 Å². The summed E-state index contributed by atoms with van der Waals surface area (Å²) in [6.07, 6.45) is 1.80. The number of unbranched alkanes of at least 4 members (excludes halogenated alkanes) is 1. The van der Waals surface area contributed by atoms with E-state index in [-0.39, 0.29) is 17.3 Å². The van der Waals surface area contributed by atoms with Gasteiger partial charge in [-0.3, -0.25) is 4.79 Å². The smallest absolute Gasteiger partial charge is 0.329 e. The molecule has 2 aromatic rings. The highest BCUT2D eigenvalue weighted by Crippen LogP contribution is 2.42. The maximum atomic E-state index is 13.3. The fourth-order valence-electron chi connectivity index (χ4n) is 3.07. The first-order chi connectivity index (χ1) is 13.1. The van der Waals surface area contributed by atoms with Gasteiger partial charge in [0.05, 0.1) is 6.61 Å². The van der Waals surface area contributed by atoms with Crippen LogP contribution in [-0.2, 0) is 9.53 Å². The van der Waals surface area contributed by atoms with Crippen molar-refractivity contribution in [3.63, 3.8) is 0 Å². The minimum atomic E-state index is -0.564. The van der Waals surface area contributed by atoms with Gasteiger partial charge in [0.15, 0.2) is 0 Å². The molecule has 1 aliphatic rings. The van der Waals surface area contributed by atoms with E-state index >= 15 is 0 Å². The predicted octanol–water partition coefficient (Wildman–Crippen LogP) is 4.59. The molecule has 0 aliphatic carbocycles. The summed E-state index contributed by atoms with van der Waals surface area (Å²) in [5.74, 6) is 0.100. The van der Waals surface area contributed by atoms with Crippen LogP contribution in [0.4, 0.5) is 0 Å². The lowest BCUT2D eigenvalue weighted by Gasteiger charge is -2.28. The maximum Gasteiger partial charge on any atom is 0.329 e. The van der Waals surface area contributed by atoms with Crippen molar-refractivity contribution in [2.24, 2.45) is 0 Å². The van der Waals surface area contributed by atoms with Gasteiger partial charge in [-0.25, -0.2) is 4.79 Å². The molecular formula is C22H25NO3S. The number of carbonyl (C=O) groups is 2. The van der Waals surface area contributed by atoms with Crippen LogP contribution in [0.1, 0.15) is 46.6 Å². The molecule has 0 unspecified atom stereocenters. The summed E-state index contributed by atoms with van der Waals surface area (Å²) in [7, 11) is 0. The molecule has 142 valence electrons. The van der Waals surface area contributed by atoms with E-state index < -0.39 is 6.04 Å². The van der Waals surface area contributed by atoms with Crippen LogP contribution in [0.5, 0.6) is 0 Å². The minimum Gasteiger partial charge on any atom is -0.464 e. The van der Waals surface area contributed by atoms with Crippen LogP contribution in [0.25, 0.3) is 0 Å². The van der Waals surface area contributed by atoms with E-state index in [1.54, 1.807) is 16.7 Å². The first kappa shape index (κ1) is 19.5. The van der Waals surface area contributed by atoms with Crippen molar-refractivity contribution in [3.05, 3.63) is 71.3 Å². The second-order valence-electron chi connectivity index (χ2n) is 6.71. The van der Waals surface area contributed by atoms with Gasteiger partial charge in [0.1, 0.15) is 11.4 Å². The van der Waals surface area contributed by atoms with E-state index in [9.17, 15) is 9.59 Å². The van der Waals surface area contributed by atoms with Crippen LogP contribution in [0, 0.1) is 6.92 Å². The van der Waals surface area contributed by atoms with Crippen molar-refractivity contribution in [3.8, 4) is 0 Å². The normalized spacial score (nSPS) is 19.1. The number of hydrogen-bond donors (Lipinski definition) is 0. The highest BCUT2D eigenvalue weighted by Gasteiger charge is 2.43. The Kier molecular flexibility index (Phi) is 6.56. The average molecular weight is 384 g/mol. The number of rotatable bonds is 6. The molecule has 1 aliphatic heterocycles. The van der Waals surface area contributed by atoms with Gasteiger partial charge in [0, 0.05) is 11.3 Å². The topological polar surface area (TPSA) is 46.6 Å².